The molecule has 0 aliphatic carbocycles. The van der Waals surface area contributed by atoms with Crippen molar-refractivity contribution in [1.82, 2.24) is 0 Å². The molecular formula is C5H10O4S. The fraction of sp³-hybridized carbons (Fsp3) is 1.00. The van der Waals surface area contributed by atoms with Crippen molar-refractivity contribution in [3.63, 3.8) is 0 Å². The summed E-state index contributed by atoms with van der Waals surface area (Å²) in [7, 11) is 0. The summed E-state index contributed by atoms with van der Waals surface area (Å²) >= 11 is 0.966. The summed E-state index contributed by atoms with van der Waals surface area (Å²) in [5, 5.41) is 35.8. The van der Waals surface area contributed by atoms with Crippen molar-refractivity contribution in [2.45, 2.75) is 17.1 Å². The molecule has 1 rings (SSSR count). The minimum absolute atomic E-state index is 0.262. The van der Waals surface area contributed by atoms with Gasteiger partial charge in [-0.05, 0) is 0 Å². The second kappa shape index (κ2) is 2.67. The molecule has 0 amide bonds. The highest BCUT2D eigenvalue weighted by Crippen LogP contribution is 2.35. The van der Waals surface area contributed by atoms with E-state index in [4.69, 9.17) is 15.3 Å². The molecule has 0 radical (unpaired) electrons. The third-order valence-electron chi connectivity index (χ3n) is 1.56. The fourth-order valence-electron chi connectivity index (χ4n) is 0.846. The highest BCUT2D eigenvalue weighted by atomic mass is 32.2. The van der Waals surface area contributed by atoms with Gasteiger partial charge in [0.1, 0.15) is 6.10 Å². The van der Waals surface area contributed by atoms with Crippen molar-refractivity contribution in [1.29, 1.82) is 0 Å². The molecule has 1 aliphatic heterocycles. The fourth-order valence-corrected chi connectivity index (χ4v) is 1.91. The lowest BCUT2D eigenvalue weighted by molar-refractivity contribution is -0.0770. The Labute approximate surface area is 62.5 Å². The molecular weight excluding hydrogens is 156 g/mol. The van der Waals surface area contributed by atoms with Crippen LogP contribution in [-0.4, -0.2) is 49.9 Å². The molecule has 4 N–H and O–H groups in total. The monoisotopic (exact) mass is 166 g/mol. The van der Waals surface area contributed by atoms with Crippen LogP contribution < -0.4 is 0 Å². The first-order valence-corrected chi connectivity index (χ1v) is 3.92. The SMILES string of the molecule is OCC1(O)SC[C@H](O)[C@@H]1O. The van der Waals surface area contributed by atoms with E-state index >= 15 is 0 Å². The van der Waals surface area contributed by atoms with E-state index in [-0.39, 0.29) is 5.75 Å². The normalized spacial score (nSPS) is 48.0. The van der Waals surface area contributed by atoms with Crippen molar-refractivity contribution >= 4 is 11.8 Å². The zero-order valence-corrected chi connectivity index (χ0v) is 6.08. The van der Waals surface area contributed by atoms with E-state index in [9.17, 15) is 5.11 Å². The molecule has 10 heavy (non-hydrogen) atoms. The summed E-state index contributed by atoms with van der Waals surface area (Å²) in [5.74, 6) is 0.262. The molecule has 0 bridgehead atoms. The zero-order valence-electron chi connectivity index (χ0n) is 5.27. The number of rotatable bonds is 1. The Hall–Kier alpha value is 0.190. The van der Waals surface area contributed by atoms with Crippen molar-refractivity contribution < 1.29 is 20.4 Å². The van der Waals surface area contributed by atoms with Gasteiger partial charge in [0.25, 0.3) is 0 Å². The highest BCUT2D eigenvalue weighted by Gasteiger charge is 2.46. The smallest absolute Gasteiger partial charge is 0.161 e. The molecule has 0 saturated carbocycles. The minimum Gasteiger partial charge on any atom is -0.392 e. The lowest BCUT2D eigenvalue weighted by Crippen LogP contribution is -2.43. The molecule has 1 saturated heterocycles. The van der Waals surface area contributed by atoms with Crippen molar-refractivity contribution in [3.8, 4) is 0 Å². The Morgan fingerprint density at radius 1 is 1.50 bits per heavy atom. The van der Waals surface area contributed by atoms with Crippen LogP contribution in [0.1, 0.15) is 0 Å². The van der Waals surface area contributed by atoms with Gasteiger partial charge in [0.2, 0.25) is 0 Å². The Morgan fingerprint density at radius 2 is 2.10 bits per heavy atom. The molecule has 0 aromatic rings. The summed E-state index contributed by atoms with van der Waals surface area (Å²) in [6, 6.07) is 0. The van der Waals surface area contributed by atoms with E-state index in [1.54, 1.807) is 0 Å². The number of hydrogen-bond acceptors (Lipinski definition) is 5. The number of thioether (sulfide) groups is 1. The minimum atomic E-state index is -1.56. The van der Waals surface area contributed by atoms with Crippen LogP contribution in [0.15, 0.2) is 0 Å². The van der Waals surface area contributed by atoms with E-state index in [2.05, 4.69) is 0 Å². The topological polar surface area (TPSA) is 80.9 Å². The van der Waals surface area contributed by atoms with Crippen LogP contribution in [0.2, 0.25) is 0 Å². The third kappa shape index (κ3) is 1.15. The average Bonchev–Trinajstić information content (AvgIpc) is 2.19. The molecule has 3 atom stereocenters. The van der Waals surface area contributed by atoms with E-state index in [0.717, 1.165) is 11.8 Å². The summed E-state index contributed by atoms with van der Waals surface area (Å²) in [6.07, 6.45) is -2.16. The van der Waals surface area contributed by atoms with Crippen molar-refractivity contribution in [2.75, 3.05) is 12.4 Å². The molecule has 0 aromatic carbocycles. The predicted molar refractivity (Wildman–Crippen MR) is 36.5 cm³/mol. The summed E-state index contributed by atoms with van der Waals surface area (Å²) in [5.41, 5.74) is 0. The lowest BCUT2D eigenvalue weighted by atomic mass is 10.1. The summed E-state index contributed by atoms with van der Waals surface area (Å²) in [6.45, 7) is -0.532. The third-order valence-corrected chi connectivity index (χ3v) is 2.94. The second-order valence-corrected chi connectivity index (χ2v) is 3.66. The average molecular weight is 166 g/mol. The standard InChI is InChI=1S/C5H10O4S/c6-2-5(9)4(8)3(7)1-10-5/h3-4,6-9H,1-2H2/t3-,4-,5?/m0/s1. The molecule has 60 valence electrons. The first kappa shape index (κ1) is 8.29. The van der Waals surface area contributed by atoms with Crippen LogP contribution in [0, 0.1) is 0 Å². The highest BCUT2D eigenvalue weighted by molar-refractivity contribution is 8.00. The maximum Gasteiger partial charge on any atom is 0.161 e. The zero-order chi connectivity index (χ0) is 7.78. The number of hydrogen-bond donors (Lipinski definition) is 4. The van der Waals surface area contributed by atoms with Gasteiger partial charge in [0.15, 0.2) is 4.93 Å². The largest absolute Gasteiger partial charge is 0.392 e. The molecule has 1 unspecified atom stereocenters. The number of aliphatic hydroxyl groups excluding tert-OH is 3. The second-order valence-electron chi connectivity index (χ2n) is 2.33. The molecule has 1 fully saturated rings. The van der Waals surface area contributed by atoms with E-state index in [1.165, 1.54) is 0 Å². The van der Waals surface area contributed by atoms with Gasteiger partial charge in [-0.1, -0.05) is 0 Å². The van der Waals surface area contributed by atoms with E-state index in [1.807, 2.05) is 0 Å². The maximum absolute atomic E-state index is 9.24. The van der Waals surface area contributed by atoms with Crippen molar-refractivity contribution in [2.24, 2.45) is 0 Å². The van der Waals surface area contributed by atoms with Gasteiger partial charge in [-0.25, -0.2) is 0 Å². The van der Waals surface area contributed by atoms with E-state index in [0.29, 0.717) is 0 Å². The molecule has 1 aliphatic rings. The number of aliphatic hydroxyl groups is 4. The van der Waals surface area contributed by atoms with Gasteiger partial charge < -0.3 is 20.4 Å². The van der Waals surface area contributed by atoms with Crippen LogP contribution in [0.3, 0.4) is 0 Å². The van der Waals surface area contributed by atoms with Crippen LogP contribution in [0.5, 0.6) is 0 Å². The molecule has 4 nitrogen and oxygen atoms in total. The Bertz CT molecular complexity index is 131. The first-order valence-electron chi connectivity index (χ1n) is 2.93. The van der Waals surface area contributed by atoms with Gasteiger partial charge in [-0.3, -0.25) is 0 Å². The van der Waals surface area contributed by atoms with Gasteiger partial charge in [0, 0.05) is 5.75 Å². The van der Waals surface area contributed by atoms with Gasteiger partial charge in [-0.2, -0.15) is 0 Å². The predicted octanol–water partition coefficient (Wildman–Crippen LogP) is -1.86. The Balaban J connectivity index is 2.64. The Kier molecular flexibility index (Phi) is 2.21. The van der Waals surface area contributed by atoms with Crippen molar-refractivity contribution in [3.05, 3.63) is 0 Å². The van der Waals surface area contributed by atoms with Gasteiger partial charge in [-0.15, -0.1) is 11.8 Å². The van der Waals surface area contributed by atoms with Crippen LogP contribution >= 0.6 is 11.8 Å². The first-order chi connectivity index (χ1) is 4.60. The molecule has 1 heterocycles. The Morgan fingerprint density at radius 3 is 2.30 bits per heavy atom. The maximum atomic E-state index is 9.24. The molecule has 0 spiro atoms. The van der Waals surface area contributed by atoms with Crippen LogP contribution in [0.4, 0.5) is 0 Å². The quantitative estimate of drug-likeness (QED) is 0.367. The van der Waals surface area contributed by atoms with Crippen LogP contribution in [-0.2, 0) is 0 Å². The van der Waals surface area contributed by atoms with Crippen LogP contribution in [0.25, 0.3) is 0 Å². The summed E-state index contributed by atoms with van der Waals surface area (Å²) in [4.78, 5) is -1.56. The molecule has 0 aromatic heterocycles. The molecule has 5 heteroatoms. The summed E-state index contributed by atoms with van der Waals surface area (Å²) < 4.78 is 0. The van der Waals surface area contributed by atoms with Gasteiger partial charge in [0.05, 0.1) is 12.7 Å². The lowest BCUT2D eigenvalue weighted by Gasteiger charge is -2.23. The van der Waals surface area contributed by atoms with E-state index < -0.39 is 23.7 Å². The van der Waals surface area contributed by atoms with Gasteiger partial charge >= 0.3 is 0 Å².